The molecule has 0 aliphatic carbocycles. The number of esters is 1. The third kappa shape index (κ3) is 9.94. The van der Waals surface area contributed by atoms with Crippen LogP contribution in [0.25, 0.3) is 0 Å². The zero-order valence-electron chi connectivity index (χ0n) is 20.9. The molecule has 0 spiro atoms. The minimum absolute atomic E-state index is 0.0611. The standard InChI is InChI=1S/C25H43FN4O3/c1-19(2)17-33-25(31)23(27)12-15-30(16-21(26)18-32-4)14-6-5-9-22-11-10-20-8-7-13-29(3)24(20)28-22/h10-11,19,21,23H,5-9,12-18,27H2,1-4H3/t21-,23-/m0/s1. The predicted octanol–water partition coefficient (Wildman–Crippen LogP) is 2.99. The highest BCUT2D eigenvalue weighted by atomic mass is 19.1. The molecule has 0 amide bonds. The van der Waals surface area contributed by atoms with Crippen LogP contribution in [-0.2, 0) is 27.1 Å². The number of aromatic nitrogens is 1. The van der Waals surface area contributed by atoms with Gasteiger partial charge in [0.15, 0.2) is 0 Å². The molecule has 0 unspecified atom stereocenters. The predicted molar refractivity (Wildman–Crippen MR) is 130 cm³/mol. The van der Waals surface area contributed by atoms with Gasteiger partial charge in [0.1, 0.15) is 18.0 Å². The van der Waals surface area contributed by atoms with Crippen molar-refractivity contribution in [2.24, 2.45) is 11.7 Å². The second-order valence-electron chi connectivity index (χ2n) is 9.54. The van der Waals surface area contributed by atoms with E-state index in [1.807, 2.05) is 18.7 Å². The van der Waals surface area contributed by atoms with Crippen LogP contribution in [0.4, 0.5) is 10.2 Å². The summed E-state index contributed by atoms with van der Waals surface area (Å²) in [6.45, 7) is 6.99. The van der Waals surface area contributed by atoms with Crippen molar-refractivity contribution in [2.45, 2.75) is 64.6 Å². The first-order chi connectivity index (χ1) is 15.8. The van der Waals surface area contributed by atoms with Gasteiger partial charge in [0.2, 0.25) is 0 Å². The molecule has 0 saturated carbocycles. The van der Waals surface area contributed by atoms with E-state index in [2.05, 4.69) is 24.1 Å². The van der Waals surface area contributed by atoms with E-state index in [4.69, 9.17) is 20.2 Å². The molecule has 2 rings (SSSR count). The number of anilines is 1. The Morgan fingerprint density at radius 3 is 2.79 bits per heavy atom. The number of ether oxygens (including phenoxy) is 2. The van der Waals surface area contributed by atoms with Crippen LogP contribution in [0.3, 0.4) is 0 Å². The number of unbranched alkanes of at least 4 members (excludes halogenated alkanes) is 1. The third-order valence-corrected chi connectivity index (χ3v) is 5.89. The summed E-state index contributed by atoms with van der Waals surface area (Å²) in [4.78, 5) is 21.2. The topological polar surface area (TPSA) is 80.9 Å². The SMILES string of the molecule is COC[C@@H](F)CN(CCCCc1ccc2c(n1)N(C)CCC2)CC[C@H](N)C(=O)OCC(C)C. The van der Waals surface area contributed by atoms with Gasteiger partial charge in [-0.15, -0.1) is 0 Å². The van der Waals surface area contributed by atoms with Gasteiger partial charge in [-0.2, -0.15) is 0 Å². The summed E-state index contributed by atoms with van der Waals surface area (Å²) in [7, 11) is 3.60. The fourth-order valence-corrected chi connectivity index (χ4v) is 4.04. The maximum Gasteiger partial charge on any atom is 0.322 e. The second-order valence-corrected chi connectivity index (χ2v) is 9.54. The number of aryl methyl sites for hydroxylation is 2. The molecule has 2 N–H and O–H groups in total. The van der Waals surface area contributed by atoms with Gasteiger partial charge >= 0.3 is 5.97 Å². The molecule has 7 nitrogen and oxygen atoms in total. The number of halogens is 1. The van der Waals surface area contributed by atoms with Crippen LogP contribution in [-0.4, -0.2) is 81.6 Å². The van der Waals surface area contributed by atoms with Crippen molar-refractivity contribution in [1.82, 2.24) is 9.88 Å². The lowest BCUT2D eigenvalue weighted by Gasteiger charge is -2.26. The Balaban J connectivity index is 1.81. The first-order valence-electron chi connectivity index (χ1n) is 12.3. The zero-order valence-corrected chi connectivity index (χ0v) is 20.9. The zero-order chi connectivity index (χ0) is 24.2. The highest BCUT2D eigenvalue weighted by Gasteiger charge is 2.19. The van der Waals surface area contributed by atoms with Crippen LogP contribution in [0.15, 0.2) is 12.1 Å². The maximum atomic E-state index is 14.2. The highest BCUT2D eigenvalue weighted by Crippen LogP contribution is 2.24. The molecular formula is C25H43FN4O3. The smallest absolute Gasteiger partial charge is 0.322 e. The lowest BCUT2D eigenvalue weighted by atomic mass is 10.0. The first kappa shape index (κ1) is 27.5. The van der Waals surface area contributed by atoms with Gasteiger partial charge in [0.05, 0.1) is 13.2 Å². The van der Waals surface area contributed by atoms with E-state index in [0.29, 0.717) is 19.6 Å². The largest absolute Gasteiger partial charge is 0.464 e. The molecule has 8 heteroatoms. The number of fused-ring (bicyclic) bond motifs is 1. The van der Waals surface area contributed by atoms with Crippen LogP contribution in [0.5, 0.6) is 0 Å². The molecule has 1 aromatic rings. The summed E-state index contributed by atoms with van der Waals surface area (Å²) in [6, 6.07) is 3.65. The molecule has 2 heterocycles. The number of nitrogens with two attached hydrogens (primary N) is 1. The first-order valence-corrected chi connectivity index (χ1v) is 12.3. The number of hydrogen-bond donors (Lipinski definition) is 1. The minimum Gasteiger partial charge on any atom is -0.464 e. The minimum atomic E-state index is -1.07. The van der Waals surface area contributed by atoms with Crippen molar-refractivity contribution < 1.29 is 18.7 Å². The Hall–Kier alpha value is -1.77. The van der Waals surface area contributed by atoms with Crippen LogP contribution in [0, 0.1) is 5.92 Å². The summed E-state index contributed by atoms with van der Waals surface area (Å²) < 4.78 is 24.4. The Labute approximate surface area is 198 Å². The number of methoxy groups -OCH3 is 1. The lowest BCUT2D eigenvalue weighted by molar-refractivity contribution is -0.146. The van der Waals surface area contributed by atoms with E-state index < -0.39 is 12.2 Å². The molecule has 0 aromatic carbocycles. The summed E-state index contributed by atoms with van der Waals surface area (Å²) in [6.07, 6.45) is 4.43. The number of alkyl halides is 1. The molecule has 33 heavy (non-hydrogen) atoms. The average Bonchev–Trinajstić information content (AvgIpc) is 2.78. The summed E-state index contributed by atoms with van der Waals surface area (Å²) in [5.41, 5.74) is 8.44. The Bertz CT molecular complexity index is 719. The fraction of sp³-hybridized carbons (Fsp3) is 0.760. The van der Waals surface area contributed by atoms with Crippen LogP contribution in [0.2, 0.25) is 0 Å². The number of nitrogens with zero attached hydrogens (tertiary/aromatic N) is 3. The molecular weight excluding hydrogens is 423 g/mol. The van der Waals surface area contributed by atoms with Crippen molar-refractivity contribution in [2.75, 3.05) is 58.5 Å². The second kappa shape index (κ2) is 14.5. The van der Waals surface area contributed by atoms with Crippen molar-refractivity contribution in [1.29, 1.82) is 0 Å². The monoisotopic (exact) mass is 466 g/mol. The number of carbonyl (C=O) groups is 1. The number of rotatable bonds is 15. The van der Waals surface area contributed by atoms with Crippen LogP contribution in [0.1, 0.15) is 50.8 Å². The normalized spacial score (nSPS) is 15.6. The van der Waals surface area contributed by atoms with Gasteiger partial charge in [-0.05, 0) is 62.6 Å². The average molecular weight is 467 g/mol. The summed E-state index contributed by atoms with van der Waals surface area (Å²) in [5.74, 6) is 0.989. The van der Waals surface area contributed by atoms with Crippen LogP contribution < -0.4 is 10.6 Å². The van der Waals surface area contributed by atoms with Crippen molar-refractivity contribution in [3.63, 3.8) is 0 Å². The van der Waals surface area contributed by atoms with Crippen molar-refractivity contribution >= 4 is 11.8 Å². The molecule has 1 aliphatic heterocycles. The van der Waals surface area contributed by atoms with Crippen LogP contribution >= 0.6 is 0 Å². The Morgan fingerprint density at radius 1 is 1.27 bits per heavy atom. The van der Waals surface area contributed by atoms with E-state index in [1.165, 1.54) is 19.1 Å². The van der Waals surface area contributed by atoms with E-state index in [9.17, 15) is 9.18 Å². The van der Waals surface area contributed by atoms with Gasteiger partial charge in [0, 0.05) is 39.5 Å². The Kier molecular flexibility index (Phi) is 12.1. The fourth-order valence-electron chi connectivity index (χ4n) is 4.04. The molecule has 1 aromatic heterocycles. The summed E-state index contributed by atoms with van der Waals surface area (Å²) in [5, 5.41) is 0. The van der Waals surface area contributed by atoms with E-state index in [0.717, 1.165) is 50.3 Å². The van der Waals surface area contributed by atoms with E-state index >= 15 is 0 Å². The third-order valence-electron chi connectivity index (χ3n) is 5.89. The van der Waals surface area contributed by atoms with E-state index in [1.54, 1.807) is 0 Å². The molecule has 188 valence electrons. The number of carbonyl (C=O) groups excluding carboxylic acids is 1. The summed E-state index contributed by atoms with van der Waals surface area (Å²) >= 11 is 0. The van der Waals surface area contributed by atoms with Gasteiger partial charge in [-0.1, -0.05) is 19.9 Å². The molecule has 0 radical (unpaired) electrons. The molecule has 0 saturated heterocycles. The van der Waals surface area contributed by atoms with Crippen molar-refractivity contribution in [3.8, 4) is 0 Å². The number of pyridine rings is 1. The lowest BCUT2D eigenvalue weighted by Crippen LogP contribution is -2.40. The number of hydrogen-bond acceptors (Lipinski definition) is 7. The highest BCUT2D eigenvalue weighted by molar-refractivity contribution is 5.75. The Morgan fingerprint density at radius 2 is 2.06 bits per heavy atom. The maximum absolute atomic E-state index is 14.2. The molecule has 1 aliphatic rings. The van der Waals surface area contributed by atoms with Gasteiger partial charge < -0.3 is 25.0 Å². The van der Waals surface area contributed by atoms with Gasteiger partial charge in [0.25, 0.3) is 0 Å². The molecule has 2 atom stereocenters. The van der Waals surface area contributed by atoms with Crippen molar-refractivity contribution in [3.05, 3.63) is 23.4 Å². The molecule has 0 fully saturated rings. The molecule has 0 bridgehead atoms. The van der Waals surface area contributed by atoms with Gasteiger partial charge in [-0.25, -0.2) is 9.37 Å². The van der Waals surface area contributed by atoms with E-state index in [-0.39, 0.29) is 25.0 Å². The van der Waals surface area contributed by atoms with Gasteiger partial charge in [-0.3, -0.25) is 4.79 Å². The quantitative estimate of drug-likeness (QED) is 0.314.